The van der Waals surface area contributed by atoms with Crippen molar-refractivity contribution >= 4 is 17.0 Å². The van der Waals surface area contributed by atoms with Crippen LogP contribution in [-0.4, -0.2) is 38.2 Å². The van der Waals surface area contributed by atoms with Gasteiger partial charge in [0.1, 0.15) is 5.76 Å². The van der Waals surface area contributed by atoms with E-state index in [2.05, 4.69) is 17.1 Å². The Morgan fingerprint density at radius 3 is 2.12 bits per heavy atom. The summed E-state index contributed by atoms with van der Waals surface area (Å²) in [6.07, 6.45) is 7.43. The van der Waals surface area contributed by atoms with Gasteiger partial charge in [-0.1, -0.05) is 29.4 Å². The highest BCUT2D eigenvalue weighted by molar-refractivity contribution is 5.99. The smallest absolute Gasteiger partial charge is 0.337 e. The third-order valence-corrected chi connectivity index (χ3v) is 7.47. The Kier molecular flexibility index (Phi) is 6.23. The Bertz CT molecular complexity index is 1770. The van der Waals surface area contributed by atoms with Crippen LogP contribution in [0.15, 0.2) is 90.0 Å². The number of ether oxygens (including phenoxy) is 1. The van der Waals surface area contributed by atoms with E-state index >= 15 is 0 Å². The van der Waals surface area contributed by atoms with Gasteiger partial charge in [-0.2, -0.15) is 0 Å². The number of H-pyrrole nitrogens is 1. The molecule has 198 valence electrons. The van der Waals surface area contributed by atoms with Crippen molar-refractivity contribution in [3.63, 3.8) is 0 Å². The molecule has 0 saturated heterocycles. The topological polar surface area (TPSA) is 107 Å². The van der Waals surface area contributed by atoms with Crippen LogP contribution in [0.3, 0.4) is 0 Å². The molecule has 5 heterocycles. The third-order valence-electron chi connectivity index (χ3n) is 7.47. The van der Waals surface area contributed by atoms with E-state index < -0.39 is 5.41 Å². The monoisotopic (exact) mass is 529 g/mol. The lowest BCUT2D eigenvalue weighted by Crippen LogP contribution is -2.29. The van der Waals surface area contributed by atoms with Gasteiger partial charge in [0.2, 0.25) is 0 Å². The van der Waals surface area contributed by atoms with Crippen molar-refractivity contribution in [2.45, 2.75) is 26.2 Å². The molecule has 0 bridgehead atoms. The predicted molar refractivity (Wildman–Crippen MR) is 152 cm³/mol. The summed E-state index contributed by atoms with van der Waals surface area (Å²) in [5.41, 5.74) is 8.36. The van der Waals surface area contributed by atoms with Crippen LogP contribution in [0.25, 0.3) is 33.3 Å². The first-order chi connectivity index (χ1) is 19.4. The van der Waals surface area contributed by atoms with E-state index in [1.165, 1.54) is 7.11 Å². The zero-order valence-electron chi connectivity index (χ0n) is 22.6. The zero-order valence-corrected chi connectivity index (χ0v) is 22.6. The van der Waals surface area contributed by atoms with E-state index in [4.69, 9.17) is 24.2 Å². The van der Waals surface area contributed by atoms with Crippen LogP contribution in [0.4, 0.5) is 0 Å². The average molecular weight is 530 g/mol. The Hall–Kier alpha value is -5.11. The van der Waals surface area contributed by atoms with Crippen molar-refractivity contribution in [3.05, 3.63) is 119 Å². The number of pyridine rings is 3. The molecule has 0 unspecified atom stereocenters. The van der Waals surface area contributed by atoms with Crippen LogP contribution in [0.5, 0.6) is 0 Å². The second-order valence-electron chi connectivity index (χ2n) is 9.80. The normalized spacial score (nSPS) is 11.6. The highest BCUT2D eigenvalue weighted by Crippen LogP contribution is 2.46. The minimum atomic E-state index is -0.772. The Morgan fingerprint density at radius 2 is 1.57 bits per heavy atom. The minimum Gasteiger partial charge on any atom is -0.465 e. The standard InChI is InChI=1S/C32H27N5O3/c1-19-27(20(2)40-37-19)24-18-35-29-23(21-11-13-22(14-12-21)31(38)39-4)17-36-30(29)28(24)32(3,25-9-5-7-15-33-25)26-10-6-8-16-34-26/h5-18,36H,1-4H3. The average Bonchev–Trinajstić information content (AvgIpc) is 3.59. The number of nitrogens with zero attached hydrogens (tertiary/aromatic N) is 4. The molecule has 8 nitrogen and oxygen atoms in total. The maximum Gasteiger partial charge on any atom is 0.337 e. The molecule has 0 aliphatic rings. The third kappa shape index (κ3) is 3.96. The molecule has 6 aromatic rings. The van der Waals surface area contributed by atoms with Crippen LogP contribution < -0.4 is 0 Å². The quantitative estimate of drug-likeness (QED) is 0.248. The number of carbonyl (C=O) groups excluding carboxylic acids is 1. The van der Waals surface area contributed by atoms with Gasteiger partial charge in [0.15, 0.2) is 0 Å². The molecule has 8 heteroatoms. The molecule has 0 aliphatic heterocycles. The summed E-state index contributed by atoms with van der Waals surface area (Å²) < 4.78 is 10.5. The molecule has 0 saturated carbocycles. The molecule has 6 rings (SSSR count). The number of aryl methyl sites for hydroxylation is 2. The van der Waals surface area contributed by atoms with Crippen LogP contribution in [0.1, 0.15) is 45.7 Å². The van der Waals surface area contributed by atoms with Crippen LogP contribution in [0.2, 0.25) is 0 Å². The van der Waals surface area contributed by atoms with Gasteiger partial charge in [0, 0.05) is 47.0 Å². The summed E-state index contributed by atoms with van der Waals surface area (Å²) in [5, 5.41) is 4.24. The van der Waals surface area contributed by atoms with E-state index in [1.54, 1.807) is 24.5 Å². The second kappa shape index (κ2) is 9.89. The largest absolute Gasteiger partial charge is 0.465 e. The Labute approximate surface area is 231 Å². The van der Waals surface area contributed by atoms with Gasteiger partial charge in [-0.25, -0.2) is 4.79 Å². The number of methoxy groups -OCH3 is 1. The van der Waals surface area contributed by atoms with E-state index in [-0.39, 0.29) is 5.97 Å². The first-order valence-electron chi connectivity index (χ1n) is 12.9. The predicted octanol–water partition coefficient (Wildman–Crippen LogP) is 6.43. The lowest BCUT2D eigenvalue weighted by molar-refractivity contribution is 0.0600. The molecular formula is C32H27N5O3. The van der Waals surface area contributed by atoms with Gasteiger partial charge < -0.3 is 14.2 Å². The summed E-state index contributed by atoms with van der Waals surface area (Å²) >= 11 is 0. The molecular weight excluding hydrogens is 502 g/mol. The fourth-order valence-electron chi connectivity index (χ4n) is 5.47. The molecule has 40 heavy (non-hydrogen) atoms. The molecule has 0 spiro atoms. The van der Waals surface area contributed by atoms with Crippen molar-refractivity contribution < 1.29 is 14.1 Å². The van der Waals surface area contributed by atoms with Crippen molar-refractivity contribution in [3.8, 4) is 22.3 Å². The minimum absolute atomic E-state index is 0.378. The maximum atomic E-state index is 12.0. The first-order valence-corrected chi connectivity index (χ1v) is 12.9. The fourth-order valence-corrected chi connectivity index (χ4v) is 5.47. The van der Waals surface area contributed by atoms with Crippen LogP contribution >= 0.6 is 0 Å². The Balaban J connectivity index is 1.68. The van der Waals surface area contributed by atoms with E-state index in [0.29, 0.717) is 11.3 Å². The summed E-state index contributed by atoms with van der Waals surface area (Å²) in [7, 11) is 1.37. The van der Waals surface area contributed by atoms with E-state index in [0.717, 1.165) is 55.9 Å². The summed E-state index contributed by atoms with van der Waals surface area (Å²) in [6, 6.07) is 19.1. The SMILES string of the molecule is COC(=O)c1ccc(-c2c[nH]c3c(C(C)(c4ccccn4)c4ccccn4)c(-c4c(C)noc4C)cnc23)cc1. The fraction of sp³-hybridized carbons (Fsp3) is 0.156. The van der Waals surface area contributed by atoms with Gasteiger partial charge in [-0.3, -0.25) is 15.0 Å². The van der Waals surface area contributed by atoms with E-state index in [9.17, 15) is 4.79 Å². The number of esters is 1. The second-order valence-corrected chi connectivity index (χ2v) is 9.80. The van der Waals surface area contributed by atoms with Gasteiger partial charge in [-0.05, 0) is 62.7 Å². The van der Waals surface area contributed by atoms with Gasteiger partial charge in [0.25, 0.3) is 0 Å². The zero-order chi connectivity index (χ0) is 27.9. The molecule has 0 fully saturated rings. The summed E-state index contributed by atoms with van der Waals surface area (Å²) in [6.45, 7) is 5.98. The summed E-state index contributed by atoms with van der Waals surface area (Å²) in [5.74, 6) is 0.325. The number of aromatic nitrogens is 5. The first kappa shape index (κ1) is 25.2. The lowest BCUT2D eigenvalue weighted by Gasteiger charge is -2.31. The van der Waals surface area contributed by atoms with Crippen LogP contribution in [0, 0.1) is 13.8 Å². The highest BCUT2D eigenvalue weighted by atomic mass is 16.5. The van der Waals surface area contributed by atoms with Crippen molar-refractivity contribution in [1.82, 2.24) is 25.1 Å². The van der Waals surface area contributed by atoms with Crippen LogP contribution in [-0.2, 0) is 10.2 Å². The van der Waals surface area contributed by atoms with Crippen molar-refractivity contribution in [2.75, 3.05) is 7.11 Å². The van der Waals surface area contributed by atoms with Gasteiger partial charge in [-0.15, -0.1) is 0 Å². The number of hydrogen-bond acceptors (Lipinski definition) is 7. The molecule has 0 amide bonds. The number of nitrogens with one attached hydrogen (secondary N) is 1. The lowest BCUT2D eigenvalue weighted by atomic mass is 9.72. The molecule has 0 radical (unpaired) electrons. The Morgan fingerprint density at radius 1 is 0.900 bits per heavy atom. The molecule has 0 aliphatic carbocycles. The number of hydrogen-bond donors (Lipinski definition) is 1. The number of benzene rings is 1. The highest BCUT2D eigenvalue weighted by Gasteiger charge is 2.39. The number of fused-ring (bicyclic) bond motifs is 1. The van der Waals surface area contributed by atoms with Crippen molar-refractivity contribution in [1.29, 1.82) is 0 Å². The van der Waals surface area contributed by atoms with Gasteiger partial charge >= 0.3 is 5.97 Å². The molecule has 5 aromatic heterocycles. The number of aromatic amines is 1. The molecule has 1 aromatic carbocycles. The van der Waals surface area contributed by atoms with Crippen molar-refractivity contribution in [2.24, 2.45) is 0 Å². The van der Waals surface area contributed by atoms with E-state index in [1.807, 2.05) is 74.8 Å². The van der Waals surface area contributed by atoms with Gasteiger partial charge in [0.05, 0.1) is 46.2 Å². The summed E-state index contributed by atoms with van der Waals surface area (Å²) in [4.78, 5) is 30.1. The number of carbonyl (C=O) groups is 1. The number of rotatable bonds is 6. The molecule has 1 N–H and O–H groups in total. The maximum absolute atomic E-state index is 12.0. The molecule has 0 atom stereocenters.